The number of aromatic carboxylic acids is 1. The Morgan fingerprint density at radius 1 is 1.47 bits per heavy atom. The summed E-state index contributed by atoms with van der Waals surface area (Å²) in [6, 6.07) is 5.24. The van der Waals surface area contributed by atoms with Gasteiger partial charge in [0.05, 0.1) is 11.3 Å². The molecule has 1 N–H and O–H groups in total. The van der Waals surface area contributed by atoms with E-state index in [0.717, 1.165) is 23.1 Å². The number of carboxylic acids is 1. The van der Waals surface area contributed by atoms with Crippen molar-refractivity contribution in [2.45, 2.75) is 20.3 Å². The molecule has 3 nitrogen and oxygen atoms in total. The van der Waals surface area contributed by atoms with Crippen molar-refractivity contribution in [1.82, 2.24) is 0 Å². The molecule has 1 aromatic carbocycles. The largest absolute Gasteiger partial charge is 0.478 e. The lowest BCUT2D eigenvalue weighted by atomic mass is 10.1. The van der Waals surface area contributed by atoms with Crippen LogP contribution in [0.2, 0.25) is 0 Å². The lowest BCUT2D eigenvalue weighted by molar-refractivity contribution is 0.0697. The molecule has 0 amide bonds. The van der Waals surface area contributed by atoms with Gasteiger partial charge in [-0.05, 0) is 30.5 Å². The molecule has 0 spiro atoms. The average molecular weight is 300 g/mol. The van der Waals surface area contributed by atoms with Gasteiger partial charge in [-0.15, -0.1) is 0 Å². The van der Waals surface area contributed by atoms with E-state index >= 15 is 0 Å². The number of hydrogen-bond donors (Lipinski definition) is 1. The van der Waals surface area contributed by atoms with E-state index in [2.05, 4.69) is 29.8 Å². The van der Waals surface area contributed by atoms with Crippen LogP contribution in [-0.4, -0.2) is 24.7 Å². The molecule has 0 unspecified atom stereocenters. The van der Waals surface area contributed by atoms with Crippen LogP contribution in [0.5, 0.6) is 0 Å². The van der Waals surface area contributed by atoms with Crippen LogP contribution in [0.3, 0.4) is 0 Å². The maximum Gasteiger partial charge on any atom is 0.337 e. The van der Waals surface area contributed by atoms with Gasteiger partial charge in [0.2, 0.25) is 0 Å². The van der Waals surface area contributed by atoms with E-state index in [-0.39, 0.29) is 0 Å². The van der Waals surface area contributed by atoms with Gasteiger partial charge in [-0.25, -0.2) is 4.79 Å². The molecular formula is C13H18BrNO2. The van der Waals surface area contributed by atoms with Crippen molar-refractivity contribution in [3.63, 3.8) is 0 Å². The third kappa shape index (κ3) is 4.04. The molecule has 0 aliphatic rings. The molecule has 1 rings (SSSR count). The summed E-state index contributed by atoms with van der Waals surface area (Å²) in [6.07, 6.45) is 1.04. The van der Waals surface area contributed by atoms with Crippen LogP contribution in [0.4, 0.5) is 5.69 Å². The summed E-state index contributed by atoms with van der Waals surface area (Å²) >= 11 is 3.37. The zero-order chi connectivity index (χ0) is 13.0. The van der Waals surface area contributed by atoms with E-state index < -0.39 is 5.97 Å². The van der Waals surface area contributed by atoms with Gasteiger partial charge in [0, 0.05) is 18.1 Å². The van der Waals surface area contributed by atoms with Crippen molar-refractivity contribution in [1.29, 1.82) is 0 Å². The number of carbonyl (C=O) groups is 1. The second-order valence-electron chi connectivity index (χ2n) is 4.57. The minimum Gasteiger partial charge on any atom is -0.478 e. The Kier molecular flexibility index (Phi) is 5.00. The number of rotatable bonds is 5. The highest BCUT2D eigenvalue weighted by Crippen LogP contribution is 2.25. The minimum atomic E-state index is -0.885. The number of carboxylic acid groups (broad SMARTS) is 1. The standard InChI is InChI=1S/C13H18BrNO2/c1-9(2)6-7-15(3)12-8-10(14)4-5-11(12)13(16)17/h4-5,8-9H,6-7H2,1-3H3,(H,16,17). The summed E-state index contributed by atoms with van der Waals surface area (Å²) in [7, 11) is 1.93. The fourth-order valence-corrected chi connectivity index (χ4v) is 1.92. The Bertz CT molecular complexity index is 404. The lowest BCUT2D eigenvalue weighted by Crippen LogP contribution is -2.22. The lowest BCUT2D eigenvalue weighted by Gasteiger charge is -2.22. The summed E-state index contributed by atoms with van der Waals surface area (Å²) in [5.41, 5.74) is 1.10. The van der Waals surface area contributed by atoms with Crippen molar-refractivity contribution in [2.75, 3.05) is 18.5 Å². The summed E-state index contributed by atoms with van der Waals surface area (Å²) in [5, 5.41) is 9.14. The van der Waals surface area contributed by atoms with Gasteiger partial charge in [-0.3, -0.25) is 0 Å². The smallest absolute Gasteiger partial charge is 0.337 e. The van der Waals surface area contributed by atoms with Crippen molar-refractivity contribution in [3.05, 3.63) is 28.2 Å². The third-order valence-electron chi connectivity index (χ3n) is 2.64. The highest BCUT2D eigenvalue weighted by molar-refractivity contribution is 9.10. The summed E-state index contributed by atoms with van der Waals surface area (Å²) in [6.45, 7) is 5.17. The van der Waals surface area contributed by atoms with Crippen LogP contribution in [0, 0.1) is 5.92 Å². The molecule has 94 valence electrons. The first-order chi connectivity index (χ1) is 7.91. The summed E-state index contributed by atoms with van der Waals surface area (Å²) in [4.78, 5) is 13.1. The number of benzene rings is 1. The van der Waals surface area contributed by atoms with E-state index in [1.54, 1.807) is 12.1 Å². The van der Waals surface area contributed by atoms with Crippen LogP contribution in [0.1, 0.15) is 30.6 Å². The second-order valence-corrected chi connectivity index (χ2v) is 5.49. The Balaban J connectivity index is 2.94. The van der Waals surface area contributed by atoms with E-state index in [0.29, 0.717) is 11.5 Å². The number of nitrogens with zero attached hydrogens (tertiary/aromatic N) is 1. The molecule has 0 saturated carbocycles. The number of halogens is 1. The van der Waals surface area contributed by atoms with Crippen LogP contribution in [-0.2, 0) is 0 Å². The van der Waals surface area contributed by atoms with Crippen LogP contribution >= 0.6 is 15.9 Å². The van der Waals surface area contributed by atoms with Crippen LogP contribution in [0.15, 0.2) is 22.7 Å². The zero-order valence-electron chi connectivity index (χ0n) is 10.4. The molecule has 17 heavy (non-hydrogen) atoms. The maximum absolute atomic E-state index is 11.1. The molecule has 0 aliphatic heterocycles. The van der Waals surface area contributed by atoms with Crippen LogP contribution < -0.4 is 4.90 Å². The first-order valence-electron chi connectivity index (χ1n) is 5.65. The van der Waals surface area contributed by atoms with Gasteiger partial charge in [0.15, 0.2) is 0 Å². The number of hydrogen-bond acceptors (Lipinski definition) is 2. The summed E-state index contributed by atoms with van der Waals surface area (Å²) in [5.74, 6) is -0.276. The fraction of sp³-hybridized carbons (Fsp3) is 0.462. The number of anilines is 1. The molecule has 1 aromatic rings. The SMILES string of the molecule is CC(C)CCN(C)c1cc(Br)ccc1C(=O)O. The normalized spacial score (nSPS) is 10.6. The van der Waals surface area contributed by atoms with Crippen molar-refractivity contribution < 1.29 is 9.90 Å². The van der Waals surface area contributed by atoms with Gasteiger partial charge < -0.3 is 10.0 Å². The molecule has 0 bridgehead atoms. The molecule has 0 aliphatic carbocycles. The van der Waals surface area contributed by atoms with E-state index in [4.69, 9.17) is 5.11 Å². The van der Waals surface area contributed by atoms with Gasteiger partial charge in [-0.1, -0.05) is 29.8 Å². The molecule has 0 fully saturated rings. The second kappa shape index (κ2) is 6.05. The van der Waals surface area contributed by atoms with Crippen molar-refractivity contribution >= 4 is 27.6 Å². The maximum atomic E-state index is 11.1. The fourth-order valence-electron chi connectivity index (χ4n) is 1.57. The van der Waals surface area contributed by atoms with Gasteiger partial charge in [0.25, 0.3) is 0 Å². The Morgan fingerprint density at radius 2 is 2.12 bits per heavy atom. The van der Waals surface area contributed by atoms with E-state index in [9.17, 15) is 4.79 Å². The predicted octanol–water partition coefficient (Wildman–Crippen LogP) is 3.63. The predicted molar refractivity (Wildman–Crippen MR) is 73.8 cm³/mol. The third-order valence-corrected chi connectivity index (χ3v) is 3.14. The molecule has 0 atom stereocenters. The molecule has 4 heteroatoms. The zero-order valence-corrected chi connectivity index (χ0v) is 12.0. The van der Waals surface area contributed by atoms with Gasteiger partial charge >= 0.3 is 5.97 Å². The minimum absolute atomic E-state index is 0.347. The van der Waals surface area contributed by atoms with Gasteiger partial charge in [0.1, 0.15) is 0 Å². The van der Waals surface area contributed by atoms with Crippen molar-refractivity contribution in [2.24, 2.45) is 5.92 Å². The molecule has 0 aromatic heterocycles. The monoisotopic (exact) mass is 299 g/mol. The summed E-state index contributed by atoms with van der Waals surface area (Å²) < 4.78 is 0.897. The topological polar surface area (TPSA) is 40.5 Å². The quantitative estimate of drug-likeness (QED) is 0.902. The Morgan fingerprint density at radius 3 is 2.65 bits per heavy atom. The average Bonchev–Trinajstić information content (AvgIpc) is 2.25. The molecular weight excluding hydrogens is 282 g/mol. The first-order valence-corrected chi connectivity index (χ1v) is 6.45. The molecule has 0 radical (unpaired) electrons. The van der Waals surface area contributed by atoms with Crippen LogP contribution in [0.25, 0.3) is 0 Å². The van der Waals surface area contributed by atoms with E-state index in [1.807, 2.05) is 18.0 Å². The van der Waals surface area contributed by atoms with Crippen molar-refractivity contribution in [3.8, 4) is 0 Å². The molecule has 0 heterocycles. The first kappa shape index (κ1) is 14.0. The Hall–Kier alpha value is -1.03. The Labute approximate surface area is 111 Å². The van der Waals surface area contributed by atoms with Gasteiger partial charge in [-0.2, -0.15) is 0 Å². The van der Waals surface area contributed by atoms with E-state index in [1.165, 1.54) is 0 Å². The molecule has 0 saturated heterocycles. The highest BCUT2D eigenvalue weighted by Gasteiger charge is 2.13. The highest BCUT2D eigenvalue weighted by atomic mass is 79.9.